The summed E-state index contributed by atoms with van der Waals surface area (Å²) in [6, 6.07) is 2.84. The Hall–Kier alpha value is -2.83. The number of carbonyl (C=O) groups excluding carboxylic acids is 1. The Morgan fingerprint density at radius 3 is 2.79 bits per heavy atom. The highest BCUT2D eigenvalue weighted by Crippen LogP contribution is 2.34. The summed E-state index contributed by atoms with van der Waals surface area (Å²) in [5.74, 6) is -1.34. The zero-order valence-corrected chi connectivity index (χ0v) is 12.7. The van der Waals surface area contributed by atoms with Crippen molar-refractivity contribution in [2.24, 2.45) is 0 Å². The molecule has 1 aliphatic heterocycles. The zero-order valence-electron chi connectivity index (χ0n) is 12.7. The molecular formula is C17H14F2N4O. The van der Waals surface area contributed by atoms with Crippen molar-refractivity contribution in [2.45, 2.75) is 18.9 Å². The third-order valence-electron chi connectivity index (χ3n) is 4.34. The van der Waals surface area contributed by atoms with Crippen LogP contribution < -0.4 is 0 Å². The molecule has 24 heavy (non-hydrogen) atoms. The van der Waals surface area contributed by atoms with Crippen molar-refractivity contribution >= 4 is 11.6 Å². The van der Waals surface area contributed by atoms with Gasteiger partial charge in [-0.15, -0.1) is 0 Å². The Morgan fingerprint density at radius 1 is 1.17 bits per heavy atom. The van der Waals surface area contributed by atoms with E-state index in [-0.39, 0.29) is 17.2 Å². The Labute approximate surface area is 136 Å². The van der Waals surface area contributed by atoms with Crippen LogP contribution in [0.15, 0.2) is 43.0 Å². The molecule has 3 heterocycles. The van der Waals surface area contributed by atoms with Crippen LogP contribution in [0.5, 0.6) is 0 Å². The molecule has 1 atom stereocenters. The van der Waals surface area contributed by atoms with Crippen molar-refractivity contribution in [1.82, 2.24) is 19.3 Å². The number of imidazole rings is 1. The van der Waals surface area contributed by atoms with E-state index < -0.39 is 17.7 Å². The van der Waals surface area contributed by atoms with E-state index in [1.165, 1.54) is 6.20 Å². The van der Waals surface area contributed by atoms with Gasteiger partial charge >= 0.3 is 0 Å². The molecule has 122 valence electrons. The second-order valence-electron chi connectivity index (χ2n) is 5.76. The number of amides is 1. The molecular weight excluding hydrogens is 314 g/mol. The molecule has 7 heteroatoms. The molecule has 0 radical (unpaired) electrons. The van der Waals surface area contributed by atoms with Gasteiger partial charge in [0.25, 0.3) is 5.91 Å². The molecule has 1 unspecified atom stereocenters. The van der Waals surface area contributed by atoms with Crippen molar-refractivity contribution in [1.29, 1.82) is 0 Å². The molecule has 0 spiro atoms. The van der Waals surface area contributed by atoms with E-state index in [1.807, 2.05) is 0 Å². The SMILES string of the molecule is O=C(c1nccn2ccnc12)N1CCCC1c1cc(F)ccc1F. The largest absolute Gasteiger partial charge is 0.330 e. The highest BCUT2D eigenvalue weighted by molar-refractivity contribution is 5.98. The topological polar surface area (TPSA) is 50.5 Å². The predicted octanol–water partition coefficient (Wildman–Crippen LogP) is 2.98. The fourth-order valence-corrected chi connectivity index (χ4v) is 3.24. The number of aromatic nitrogens is 3. The minimum Gasteiger partial charge on any atom is -0.330 e. The number of hydrogen-bond acceptors (Lipinski definition) is 3. The Balaban J connectivity index is 1.74. The van der Waals surface area contributed by atoms with Crippen LogP contribution in [-0.2, 0) is 0 Å². The Morgan fingerprint density at radius 2 is 1.96 bits per heavy atom. The fourth-order valence-electron chi connectivity index (χ4n) is 3.24. The molecule has 0 aliphatic carbocycles. The number of carbonyl (C=O) groups is 1. The first-order valence-electron chi connectivity index (χ1n) is 7.69. The summed E-state index contributed by atoms with van der Waals surface area (Å²) in [6.45, 7) is 0.475. The molecule has 1 fully saturated rings. The van der Waals surface area contributed by atoms with Crippen LogP contribution >= 0.6 is 0 Å². The summed E-state index contributed by atoms with van der Waals surface area (Å²) in [5, 5.41) is 0. The molecule has 0 N–H and O–H groups in total. The molecule has 1 aromatic carbocycles. The van der Waals surface area contributed by atoms with E-state index in [0.29, 0.717) is 18.6 Å². The zero-order chi connectivity index (χ0) is 16.7. The minimum atomic E-state index is -0.515. The predicted molar refractivity (Wildman–Crippen MR) is 82.4 cm³/mol. The Bertz CT molecular complexity index is 924. The van der Waals surface area contributed by atoms with Gasteiger partial charge < -0.3 is 9.30 Å². The van der Waals surface area contributed by atoms with Crippen molar-refractivity contribution in [3.05, 3.63) is 65.9 Å². The molecule has 1 amide bonds. The average molecular weight is 328 g/mol. The number of nitrogens with zero attached hydrogens (tertiary/aromatic N) is 4. The van der Waals surface area contributed by atoms with E-state index in [9.17, 15) is 13.6 Å². The fraction of sp³-hybridized carbons (Fsp3) is 0.235. The average Bonchev–Trinajstić information content (AvgIpc) is 3.24. The molecule has 1 saturated heterocycles. The first kappa shape index (κ1) is 14.7. The van der Waals surface area contributed by atoms with Gasteiger partial charge in [-0.05, 0) is 31.0 Å². The van der Waals surface area contributed by atoms with Gasteiger partial charge in [0.1, 0.15) is 11.6 Å². The first-order chi connectivity index (χ1) is 11.6. The first-order valence-corrected chi connectivity index (χ1v) is 7.69. The van der Waals surface area contributed by atoms with Crippen LogP contribution in [0.1, 0.15) is 34.9 Å². The number of rotatable bonds is 2. The number of hydrogen-bond donors (Lipinski definition) is 0. The van der Waals surface area contributed by atoms with Gasteiger partial charge in [-0.1, -0.05) is 0 Å². The van der Waals surface area contributed by atoms with Crippen LogP contribution in [0, 0.1) is 11.6 Å². The summed E-state index contributed by atoms with van der Waals surface area (Å²) < 4.78 is 29.4. The van der Waals surface area contributed by atoms with Gasteiger partial charge in [0, 0.05) is 36.9 Å². The van der Waals surface area contributed by atoms with Crippen molar-refractivity contribution < 1.29 is 13.6 Å². The normalized spacial score (nSPS) is 17.6. The maximum atomic E-state index is 14.1. The maximum absolute atomic E-state index is 14.1. The van der Waals surface area contributed by atoms with Crippen LogP contribution in [0.4, 0.5) is 8.78 Å². The van der Waals surface area contributed by atoms with E-state index in [4.69, 9.17) is 0 Å². The van der Waals surface area contributed by atoms with Crippen LogP contribution in [0.25, 0.3) is 5.65 Å². The standard InChI is InChI=1S/C17H14F2N4O/c18-11-3-4-13(19)12(10-11)14-2-1-7-23(14)17(24)15-16-21-6-9-22(16)8-5-20-15/h3-6,8-10,14H,1-2,7H2. The molecule has 5 nitrogen and oxygen atoms in total. The summed E-state index contributed by atoms with van der Waals surface area (Å²) in [7, 11) is 0. The lowest BCUT2D eigenvalue weighted by molar-refractivity contribution is 0.0729. The monoisotopic (exact) mass is 328 g/mol. The lowest BCUT2D eigenvalue weighted by Gasteiger charge is -2.25. The van der Waals surface area contributed by atoms with Gasteiger partial charge in [0.15, 0.2) is 11.3 Å². The van der Waals surface area contributed by atoms with Crippen LogP contribution in [0.2, 0.25) is 0 Å². The summed E-state index contributed by atoms with van der Waals surface area (Å²) in [5.41, 5.74) is 0.871. The van der Waals surface area contributed by atoms with E-state index in [1.54, 1.807) is 27.9 Å². The number of halogens is 2. The van der Waals surface area contributed by atoms with E-state index in [2.05, 4.69) is 9.97 Å². The summed E-state index contributed by atoms with van der Waals surface area (Å²) in [4.78, 5) is 22.8. The van der Waals surface area contributed by atoms with Gasteiger partial charge in [0.05, 0.1) is 6.04 Å². The van der Waals surface area contributed by atoms with Crippen LogP contribution in [0.3, 0.4) is 0 Å². The second kappa shape index (κ2) is 5.67. The van der Waals surface area contributed by atoms with E-state index in [0.717, 1.165) is 24.6 Å². The minimum absolute atomic E-state index is 0.205. The van der Waals surface area contributed by atoms with Crippen molar-refractivity contribution in [3.8, 4) is 0 Å². The quantitative estimate of drug-likeness (QED) is 0.727. The van der Waals surface area contributed by atoms with Crippen molar-refractivity contribution in [3.63, 3.8) is 0 Å². The molecule has 0 saturated carbocycles. The lowest BCUT2D eigenvalue weighted by Crippen LogP contribution is -2.32. The highest BCUT2D eigenvalue weighted by atomic mass is 19.1. The van der Waals surface area contributed by atoms with Gasteiger partial charge in [-0.3, -0.25) is 4.79 Å². The van der Waals surface area contributed by atoms with Gasteiger partial charge in [-0.2, -0.15) is 0 Å². The second-order valence-corrected chi connectivity index (χ2v) is 5.76. The molecule has 3 aromatic rings. The molecule has 2 aromatic heterocycles. The molecule has 1 aliphatic rings. The highest BCUT2D eigenvalue weighted by Gasteiger charge is 2.34. The summed E-state index contributed by atoms with van der Waals surface area (Å²) >= 11 is 0. The lowest BCUT2D eigenvalue weighted by atomic mass is 10.0. The van der Waals surface area contributed by atoms with Gasteiger partial charge in [-0.25, -0.2) is 18.7 Å². The van der Waals surface area contributed by atoms with Gasteiger partial charge in [0.2, 0.25) is 0 Å². The van der Waals surface area contributed by atoms with Crippen LogP contribution in [-0.4, -0.2) is 31.7 Å². The number of fused-ring (bicyclic) bond motifs is 1. The number of likely N-dealkylation sites (tertiary alicyclic amines) is 1. The van der Waals surface area contributed by atoms with E-state index >= 15 is 0 Å². The number of benzene rings is 1. The Kier molecular flexibility index (Phi) is 3.48. The summed E-state index contributed by atoms with van der Waals surface area (Å²) in [6.07, 6.45) is 7.85. The molecule has 0 bridgehead atoms. The van der Waals surface area contributed by atoms with Crippen molar-refractivity contribution in [2.75, 3.05) is 6.54 Å². The smallest absolute Gasteiger partial charge is 0.276 e. The maximum Gasteiger partial charge on any atom is 0.276 e. The third kappa shape index (κ3) is 2.33. The molecule has 4 rings (SSSR count). The third-order valence-corrected chi connectivity index (χ3v) is 4.34.